The van der Waals surface area contributed by atoms with Gasteiger partial charge in [0.1, 0.15) is 6.04 Å². The van der Waals surface area contributed by atoms with Crippen molar-refractivity contribution in [2.75, 3.05) is 26.7 Å². The molecule has 1 unspecified atom stereocenters. The number of likely N-dealkylation sites (tertiary alicyclic amines) is 1. The molecule has 1 atom stereocenters. The van der Waals surface area contributed by atoms with Crippen molar-refractivity contribution in [1.82, 2.24) is 15.5 Å². The van der Waals surface area contributed by atoms with Crippen molar-refractivity contribution < 1.29 is 9.59 Å². The van der Waals surface area contributed by atoms with Crippen LogP contribution in [0.15, 0.2) is 30.3 Å². The van der Waals surface area contributed by atoms with E-state index in [0.29, 0.717) is 12.8 Å². The molecule has 0 radical (unpaired) electrons. The number of amides is 2. The van der Waals surface area contributed by atoms with E-state index in [1.807, 2.05) is 42.3 Å². The normalized spacial score (nSPS) is 15.4. The molecule has 1 aromatic rings. The predicted molar refractivity (Wildman–Crippen MR) is 91.1 cm³/mol. The van der Waals surface area contributed by atoms with Crippen molar-refractivity contribution in [1.29, 1.82) is 0 Å². The van der Waals surface area contributed by atoms with E-state index in [1.54, 1.807) is 0 Å². The number of hydrogen-bond donors (Lipinski definition) is 2. The van der Waals surface area contributed by atoms with Gasteiger partial charge >= 0.3 is 0 Å². The molecule has 0 aromatic heterocycles. The lowest BCUT2D eigenvalue weighted by atomic mass is 10.0. The van der Waals surface area contributed by atoms with E-state index in [9.17, 15) is 9.59 Å². The molecule has 1 aromatic carbocycles. The van der Waals surface area contributed by atoms with Crippen molar-refractivity contribution in [2.45, 2.75) is 38.1 Å². The Bertz CT molecular complexity index is 498. The summed E-state index contributed by atoms with van der Waals surface area (Å²) in [5, 5.41) is 5.97. The maximum absolute atomic E-state index is 12.7. The number of carbonyl (C=O) groups excluding carboxylic acids is 2. The van der Waals surface area contributed by atoms with Crippen LogP contribution in [0.3, 0.4) is 0 Å². The van der Waals surface area contributed by atoms with Crippen LogP contribution in [-0.4, -0.2) is 49.4 Å². The minimum absolute atomic E-state index is 0.0475. The van der Waals surface area contributed by atoms with Crippen LogP contribution in [0, 0.1) is 0 Å². The zero-order valence-corrected chi connectivity index (χ0v) is 13.9. The van der Waals surface area contributed by atoms with E-state index in [1.165, 1.54) is 0 Å². The molecule has 1 heterocycles. The zero-order valence-electron chi connectivity index (χ0n) is 13.9. The largest absolute Gasteiger partial charge is 0.344 e. The smallest absolute Gasteiger partial charge is 0.245 e. The van der Waals surface area contributed by atoms with E-state index >= 15 is 0 Å². The molecule has 2 N–H and O–H groups in total. The van der Waals surface area contributed by atoms with Gasteiger partial charge in [-0.05, 0) is 38.4 Å². The van der Waals surface area contributed by atoms with Gasteiger partial charge in [-0.1, -0.05) is 30.3 Å². The van der Waals surface area contributed by atoms with Crippen LogP contribution >= 0.6 is 0 Å². The minimum Gasteiger partial charge on any atom is -0.344 e. The molecule has 1 saturated heterocycles. The molecular formula is C18H27N3O2. The lowest BCUT2D eigenvalue weighted by Crippen LogP contribution is -2.49. The summed E-state index contributed by atoms with van der Waals surface area (Å²) in [6, 6.07) is 9.41. The van der Waals surface area contributed by atoms with Gasteiger partial charge in [-0.3, -0.25) is 9.59 Å². The lowest BCUT2D eigenvalue weighted by Gasteiger charge is -2.24. The first kappa shape index (κ1) is 17.5. The number of hydrogen-bond acceptors (Lipinski definition) is 3. The monoisotopic (exact) mass is 317 g/mol. The van der Waals surface area contributed by atoms with Crippen LogP contribution < -0.4 is 10.6 Å². The van der Waals surface area contributed by atoms with Crippen LogP contribution in [0.25, 0.3) is 0 Å². The second kappa shape index (κ2) is 9.30. The van der Waals surface area contributed by atoms with Gasteiger partial charge in [-0.15, -0.1) is 0 Å². The summed E-state index contributed by atoms with van der Waals surface area (Å²) in [4.78, 5) is 26.7. The summed E-state index contributed by atoms with van der Waals surface area (Å²) < 4.78 is 0. The maximum Gasteiger partial charge on any atom is 0.245 e. The Hall–Kier alpha value is -1.88. The van der Waals surface area contributed by atoms with Gasteiger partial charge in [0, 0.05) is 25.9 Å². The first-order valence-electron chi connectivity index (χ1n) is 8.47. The average molecular weight is 317 g/mol. The molecule has 0 bridgehead atoms. The molecule has 0 spiro atoms. The molecular weight excluding hydrogens is 290 g/mol. The molecule has 2 amide bonds. The second-order valence-corrected chi connectivity index (χ2v) is 6.05. The Balaban J connectivity index is 1.98. The fourth-order valence-corrected chi connectivity index (χ4v) is 2.90. The Morgan fingerprint density at radius 3 is 2.52 bits per heavy atom. The highest BCUT2D eigenvalue weighted by molar-refractivity contribution is 5.88. The van der Waals surface area contributed by atoms with E-state index in [0.717, 1.165) is 44.5 Å². The molecule has 1 aliphatic heterocycles. The van der Waals surface area contributed by atoms with E-state index in [4.69, 9.17) is 0 Å². The van der Waals surface area contributed by atoms with E-state index in [-0.39, 0.29) is 11.8 Å². The van der Waals surface area contributed by atoms with Crippen LogP contribution in [0.1, 0.15) is 31.2 Å². The SMILES string of the molecule is CNCCCC(=O)NC(Cc1ccccc1)C(=O)N1CCCC1. The summed E-state index contributed by atoms with van der Waals surface area (Å²) in [5.41, 5.74) is 1.07. The van der Waals surface area contributed by atoms with E-state index < -0.39 is 6.04 Å². The molecule has 5 heteroatoms. The van der Waals surface area contributed by atoms with Crippen molar-refractivity contribution in [3.63, 3.8) is 0 Å². The van der Waals surface area contributed by atoms with Crippen molar-refractivity contribution in [3.05, 3.63) is 35.9 Å². The number of rotatable bonds is 8. The zero-order chi connectivity index (χ0) is 16.5. The Morgan fingerprint density at radius 2 is 1.87 bits per heavy atom. The van der Waals surface area contributed by atoms with Crippen LogP contribution in [0.2, 0.25) is 0 Å². The standard InChI is InChI=1S/C18H27N3O2/c1-19-11-7-10-17(22)20-16(14-15-8-3-2-4-9-15)18(23)21-12-5-6-13-21/h2-4,8-9,16,19H,5-7,10-14H2,1H3,(H,20,22). The molecule has 5 nitrogen and oxygen atoms in total. The third kappa shape index (κ3) is 5.67. The molecule has 1 aliphatic rings. The highest BCUT2D eigenvalue weighted by atomic mass is 16.2. The molecule has 2 rings (SSSR count). The van der Waals surface area contributed by atoms with Gasteiger partial charge < -0.3 is 15.5 Å². The third-order valence-electron chi connectivity index (χ3n) is 4.16. The van der Waals surface area contributed by atoms with Gasteiger partial charge in [0.2, 0.25) is 11.8 Å². The van der Waals surface area contributed by atoms with Crippen molar-refractivity contribution in [3.8, 4) is 0 Å². The Labute approximate surface area is 138 Å². The number of carbonyl (C=O) groups is 2. The summed E-state index contributed by atoms with van der Waals surface area (Å²) in [6.07, 6.45) is 3.88. The van der Waals surface area contributed by atoms with Crippen molar-refractivity contribution >= 4 is 11.8 Å². The quantitative estimate of drug-likeness (QED) is 0.711. The molecule has 126 valence electrons. The summed E-state index contributed by atoms with van der Waals surface area (Å²) in [6.45, 7) is 2.41. The highest BCUT2D eigenvalue weighted by Gasteiger charge is 2.27. The number of nitrogens with one attached hydrogen (secondary N) is 2. The predicted octanol–water partition coefficient (Wildman–Crippen LogP) is 1.34. The van der Waals surface area contributed by atoms with Gasteiger partial charge in [0.15, 0.2) is 0 Å². The van der Waals surface area contributed by atoms with Crippen LogP contribution in [0.5, 0.6) is 0 Å². The first-order valence-corrected chi connectivity index (χ1v) is 8.47. The van der Waals surface area contributed by atoms with Gasteiger partial charge in [-0.2, -0.15) is 0 Å². The Morgan fingerprint density at radius 1 is 1.17 bits per heavy atom. The fourth-order valence-electron chi connectivity index (χ4n) is 2.90. The molecule has 0 saturated carbocycles. The van der Waals surface area contributed by atoms with Crippen LogP contribution in [0.4, 0.5) is 0 Å². The fraction of sp³-hybridized carbons (Fsp3) is 0.556. The second-order valence-electron chi connectivity index (χ2n) is 6.05. The van der Waals surface area contributed by atoms with Gasteiger partial charge in [0.25, 0.3) is 0 Å². The van der Waals surface area contributed by atoms with Crippen LogP contribution in [-0.2, 0) is 16.0 Å². The third-order valence-corrected chi connectivity index (χ3v) is 4.16. The summed E-state index contributed by atoms with van der Waals surface area (Å²) in [5.74, 6) is 0.00190. The lowest BCUT2D eigenvalue weighted by molar-refractivity contribution is -0.135. The van der Waals surface area contributed by atoms with Crippen molar-refractivity contribution in [2.24, 2.45) is 0 Å². The highest BCUT2D eigenvalue weighted by Crippen LogP contribution is 2.12. The summed E-state index contributed by atoms with van der Waals surface area (Å²) in [7, 11) is 1.87. The first-order chi connectivity index (χ1) is 11.2. The maximum atomic E-state index is 12.7. The Kier molecular flexibility index (Phi) is 7.07. The van der Waals surface area contributed by atoms with Gasteiger partial charge in [-0.25, -0.2) is 0 Å². The number of nitrogens with zero attached hydrogens (tertiary/aromatic N) is 1. The average Bonchev–Trinajstić information content (AvgIpc) is 3.09. The molecule has 1 fully saturated rings. The van der Waals surface area contributed by atoms with Gasteiger partial charge in [0.05, 0.1) is 0 Å². The topological polar surface area (TPSA) is 61.4 Å². The number of benzene rings is 1. The minimum atomic E-state index is -0.461. The molecule has 0 aliphatic carbocycles. The molecule has 23 heavy (non-hydrogen) atoms. The summed E-state index contributed by atoms with van der Waals surface area (Å²) >= 11 is 0. The van der Waals surface area contributed by atoms with E-state index in [2.05, 4.69) is 10.6 Å².